The summed E-state index contributed by atoms with van der Waals surface area (Å²) in [6.07, 6.45) is 2.26. The molecule has 0 fully saturated rings. The van der Waals surface area contributed by atoms with Crippen LogP contribution in [-0.4, -0.2) is 28.5 Å². The number of nitrogens with two attached hydrogens (primary N) is 1. The number of carbonyl (C=O) groups excluding carboxylic acids is 1. The van der Waals surface area contributed by atoms with E-state index in [1.54, 1.807) is 42.6 Å². The van der Waals surface area contributed by atoms with Crippen LogP contribution in [0.15, 0.2) is 42.6 Å². The molecule has 4 N–H and O–H groups in total. The van der Waals surface area contributed by atoms with Gasteiger partial charge in [-0.2, -0.15) is 0 Å². The highest BCUT2D eigenvalue weighted by molar-refractivity contribution is 5.97. The molecule has 0 unspecified atom stereocenters. The first-order chi connectivity index (χ1) is 10.1. The summed E-state index contributed by atoms with van der Waals surface area (Å²) in [5.41, 5.74) is 6.86. The molecule has 0 aliphatic rings. The maximum atomic E-state index is 11.2. The van der Waals surface area contributed by atoms with Crippen molar-refractivity contribution in [3.05, 3.63) is 59.3 Å². The third-order valence-corrected chi connectivity index (χ3v) is 2.98. The average molecular weight is 285 g/mol. The zero-order valence-corrected chi connectivity index (χ0v) is 11.2. The Morgan fingerprint density at radius 2 is 1.90 bits per heavy atom. The second-order valence-corrected chi connectivity index (χ2v) is 4.44. The van der Waals surface area contributed by atoms with Crippen LogP contribution in [0.3, 0.4) is 0 Å². The Bertz CT molecular complexity index is 653. The van der Waals surface area contributed by atoms with Crippen molar-refractivity contribution in [2.24, 2.45) is 5.73 Å². The first-order valence-corrected chi connectivity index (χ1v) is 6.39. The number of aromatic carboxylic acids is 1. The van der Waals surface area contributed by atoms with Crippen LogP contribution in [0, 0.1) is 0 Å². The Kier molecular flexibility index (Phi) is 4.50. The van der Waals surface area contributed by atoms with Crippen molar-refractivity contribution in [2.45, 2.75) is 6.42 Å². The molecule has 0 bridgehead atoms. The topological polar surface area (TPSA) is 105 Å². The summed E-state index contributed by atoms with van der Waals surface area (Å²) >= 11 is 0. The molecule has 108 valence electrons. The number of hydrogen-bond acceptors (Lipinski definition) is 4. The molecule has 21 heavy (non-hydrogen) atoms. The van der Waals surface area contributed by atoms with Crippen molar-refractivity contribution < 1.29 is 14.7 Å². The average Bonchev–Trinajstić information content (AvgIpc) is 2.48. The number of carbonyl (C=O) groups is 2. The number of aromatic nitrogens is 1. The van der Waals surface area contributed by atoms with Crippen molar-refractivity contribution >= 4 is 17.7 Å². The number of nitrogens with one attached hydrogen (secondary N) is 1. The molecule has 0 saturated heterocycles. The molecule has 0 aliphatic carbocycles. The van der Waals surface area contributed by atoms with Crippen LogP contribution < -0.4 is 11.1 Å². The van der Waals surface area contributed by atoms with Gasteiger partial charge in [0.25, 0.3) is 5.91 Å². The summed E-state index contributed by atoms with van der Waals surface area (Å²) in [7, 11) is 0. The molecule has 1 aromatic heterocycles. The summed E-state index contributed by atoms with van der Waals surface area (Å²) in [5.74, 6) is -1.03. The Labute approximate surface area is 121 Å². The Hall–Kier alpha value is -2.89. The van der Waals surface area contributed by atoms with Gasteiger partial charge in [-0.05, 0) is 36.2 Å². The summed E-state index contributed by atoms with van der Waals surface area (Å²) < 4.78 is 0. The summed E-state index contributed by atoms with van der Waals surface area (Å²) in [6, 6.07) is 9.91. The molecular weight excluding hydrogens is 270 g/mol. The number of benzene rings is 1. The number of primary amides is 1. The van der Waals surface area contributed by atoms with Crippen molar-refractivity contribution in [2.75, 3.05) is 11.9 Å². The van der Waals surface area contributed by atoms with E-state index in [-0.39, 0.29) is 5.56 Å². The van der Waals surface area contributed by atoms with Crippen LogP contribution in [0.1, 0.15) is 26.3 Å². The fourth-order valence-corrected chi connectivity index (χ4v) is 1.88. The third kappa shape index (κ3) is 3.79. The van der Waals surface area contributed by atoms with Gasteiger partial charge >= 0.3 is 5.97 Å². The Balaban J connectivity index is 1.95. The zero-order chi connectivity index (χ0) is 15.2. The third-order valence-electron chi connectivity index (χ3n) is 2.98. The van der Waals surface area contributed by atoms with E-state index in [4.69, 9.17) is 10.8 Å². The van der Waals surface area contributed by atoms with Gasteiger partial charge in [0.2, 0.25) is 0 Å². The standard InChI is InChI=1S/C15H15N3O3/c16-13(19)12-2-1-8-17-14(12)18-9-7-10-3-5-11(6-4-10)15(20)21/h1-6,8H,7,9H2,(H2,16,19)(H,17,18)(H,20,21). The largest absolute Gasteiger partial charge is 0.478 e. The molecule has 0 radical (unpaired) electrons. The van der Waals surface area contributed by atoms with E-state index < -0.39 is 11.9 Å². The van der Waals surface area contributed by atoms with Crippen molar-refractivity contribution in [3.63, 3.8) is 0 Å². The lowest BCUT2D eigenvalue weighted by molar-refractivity contribution is 0.0696. The minimum absolute atomic E-state index is 0.257. The molecule has 1 heterocycles. The van der Waals surface area contributed by atoms with Gasteiger partial charge < -0.3 is 16.2 Å². The number of nitrogens with zero attached hydrogens (tertiary/aromatic N) is 1. The summed E-state index contributed by atoms with van der Waals surface area (Å²) in [4.78, 5) is 26.1. The number of pyridine rings is 1. The Morgan fingerprint density at radius 3 is 2.52 bits per heavy atom. The number of rotatable bonds is 6. The van der Waals surface area contributed by atoms with Crippen LogP contribution in [0.5, 0.6) is 0 Å². The first kappa shape index (κ1) is 14.5. The fourth-order valence-electron chi connectivity index (χ4n) is 1.88. The van der Waals surface area contributed by atoms with Crippen LogP contribution >= 0.6 is 0 Å². The van der Waals surface area contributed by atoms with Gasteiger partial charge in [0.15, 0.2) is 0 Å². The Morgan fingerprint density at radius 1 is 1.19 bits per heavy atom. The van der Waals surface area contributed by atoms with Gasteiger partial charge in [-0.25, -0.2) is 9.78 Å². The molecule has 0 atom stereocenters. The number of carboxylic acid groups (broad SMARTS) is 1. The molecule has 2 rings (SSSR count). The SMILES string of the molecule is NC(=O)c1cccnc1NCCc1ccc(C(=O)O)cc1. The van der Waals surface area contributed by atoms with E-state index in [9.17, 15) is 9.59 Å². The molecule has 1 amide bonds. The molecule has 1 aromatic carbocycles. The van der Waals surface area contributed by atoms with Crippen molar-refractivity contribution in [1.29, 1.82) is 0 Å². The van der Waals surface area contributed by atoms with Crippen molar-refractivity contribution in [3.8, 4) is 0 Å². The maximum Gasteiger partial charge on any atom is 0.335 e. The number of amides is 1. The molecule has 0 aliphatic heterocycles. The smallest absolute Gasteiger partial charge is 0.335 e. The van der Waals surface area contributed by atoms with Gasteiger partial charge in [0.1, 0.15) is 5.82 Å². The number of carboxylic acids is 1. The van der Waals surface area contributed by atoms with E-state index in [2.05, 4.69) is 10.3 Å². The number of anilines is 1. The minimum atomic E-state index is -0.945. The van der Waals surface area contributed by atoms with Gasteiger partial charge in [-0.15, -0.1) is 0 Å². The highest BCUT2D eigenvalue weighted by atomic mass is 16.4. The second kappa shape index (κ2) is 6.51. The lowest BCUT2D eigenvalue weighted by Crippen LogP contribution is -2.16. The van der Waals surface area contributed by atoms with E-state index in [1.165, 1.54) is 0 Å². The van der Waals surface area contributed by atoms with E-state index in [0.717, 1.165) is 5.56 Å². The number of hydrogen-bond donors (Lipinski definition) is 3. The van der Waals surface area contributed by atoms with Gasteiger partial charge in [0.05, 0.1) is 11.1 Å². The molecule has 0 saturated carbocycles. The second-order valence-electron chi connectivity index (χ2n) is 4.44. The summed E-state index contributed by atoms with van der Waals surface area (Å²) in [6.45, 7) is 0.559. The highest BCUT2D eigenvalue weighted by Crippen LogP contribution is 2.11. The van der Waals surface area contributed by atoms with E-state index in [0.29, 0.717) is 24.3 Å². The highest BCUT2D eigenvalue weighted by Gasteiger charge is 2.08. The maximum absolute atomic E-state index is 11.2. The minimum Gasteiger partial charge on any atom is -0.478 e. The normalized spacial score (nSPS) is 10.1. The van der Waals surface area contributed by atoms with Gasteiger partial charge in [-0.1, -0.05) is 12.1 Å². The first-order valence-electron chi connectivity index (χ1n) is 6.39. The summed E-state index contributed by atoms with van der Waals surface area (Å²) in [5, 5.41) is 11.9. The molecule has 2 aromatic rings. The monoisotopic (exact) mass is 285 g/mol. The van der Waals surface area contributed by atoms with Crippen molar-refractivity contribution in [1.82, 2.24) is 4.98 Å². The molecule has 6 nitrogen and oxygen atoms in total. The molecule has 0 spiro atoms. The van der Waals surface area contributed by atoms with Crippen LogP contribution in [0.4, 0.5) is 5.82 Å². The zero-order valence-electron chi connectivity index (χ0n) is 11.2. The quantitative estimate of drug-likeness (QED) is 0.746. The fraction of sp³-hybridized carbons (Fsp3) is 0.133. The van der Waals surface area contributed by atoms with Gasteiger partial charge in [-0.3, -0.25) is 4.79 Å². The predicted octanol–water partition coefficient (Wildman–Crippen LogP) is 1.53. The van der Waals surface area contributed by atoms with Crippen LogP contribution in [0.2, 0.25) is 0 Å². The lowest BCUT2D eigenvalue weighted by Gasteiger charge is -2.08. The van der Waals surface area contributed by atoms with E-state index >= 15 is 0 Å². The molecular formula is C15H15N3O3. The predicted molar refractivity (Wildman–Crippen MR) is 78.3 cm³/mol. The van der Waals surface area contributed by atoms with E-state index in [1.807, 2.05) is 0 Å². The molecule has 6 heteroatoms. The van der Waals surface area contributed by atoms with Crippen LogP contribution in [-0.2, 0) is 6.42 Å². The lowest BCUT2D eigenvalue weighted by atomic mass is 10.1. The van der Waals surface area contributed by atoms with Crippen LogP contribution in [0.25, 0.3) is 0 Å². The van der Waals surface area contributed by atoms with Gasteiger partial charge in [0, 0.05) is 12.7 Å².